The SMILES string of the molecule is CC(=O)SCCCCC[C@H](NC(=O)[C@H]1C(=O)NC[C@H]1c1ccccc1)C(=O)Nc1ccccc1. The van der Waals surface area contributed by atoms with Gasteiger partial charge in [0.1, 0.15) is 12.0 Å². The molecule has 3 amide bonds. The molecule has 8 heteroatoms. The van der Waals surface area contributed by atoms with E-state index in [4.69, 9.17) is 0 Å². The number of carbonyl (C=O) groups excluding carboxylic acids is 4. The third-order valence-electron chi connectivity index (χ3n) is 5.81. The number of unbranched alkanes of at least 4 members (excludes halogenated alkanes) is 2. The highest BCUT2D eigenvalue weighted by molar-refractivity contribution is 8.13. The van der Waals surface area contributed by atoms with Crippen LogP contribution < -0.4 is 16.0 Å². The number of anilines is 1. The molecule has 180 valence electrons. The van der Waals surface area contributed by atoms with Crippen molar-refractivity contribution in [3.8, 4) is 0 Å². The second-order valence-corrected chi connectivity index (χ2v) is 9.62. The Morgan fingerprint density at radius 1 is 1.00 bits per heavy atom. The van der Waals surface area contributed by atoms with Crippen molar-refractivity contribution in [3.05, 3.63) is 66.2 Å². The molecule has 1 aliphatic rings. The van der Waals surface area contributed by atoms with Gasteiger partial charge in [-0.3, -0.25) is 19.2 Å². The topological polar surface area (TPSA) is 104 Å². The molecule has 3 atom stereocenters. The maximum absolute atomic E-state index is 13.2. The zero-order valence-corrected chi connectivity index (χ0v) is 20.1. The smallest absolute Gasteiger partial charge is 0.246 e. The van der Waals surface area contributed by atoms with E-state index in [0.29, 0.717) is 25.1 Å². The quantitative estimate of drug-likeness (QED) is 0.337. The summed E-state index contributed by atoms with van der Waals surface area (Å²) in [6.45, 7) is 1.93. The van der Waals surface area contributed by atoms with Crippen LogP contribution in [0.2, 0.25) is 0 Å². The number of amides is 3. The molecule has 7 nitrogen and oxygen atoms in total. The fourth-order valence-corrected chi connectivity index (χ4v) is 4.69. The summed E-state index contributed by atoms with van der Waals surface area (Å²) in [5, 5.41) is 8.58. The Kier molecular flexibility index (Phi) is 9.70. The number of carbonyl (C=O) groups is 4. The van der Waals surface area contributed by atoms with Gasteiger partial charge in [0.05, 0.1) is 0 Å². The first-order valence-corrected chi connectivity index (χ1v) is 12.6. The van der Waals surface area contributed by atoms with Crippen LogP contribution in [0.4, 0.5) is 5.69 Å². The van der Waals surface area contributed by atoms with Gasteiger partial charge in [0.15, 0.2) is 5.12 Å². The molecule has 34 heavy (non-hydrogen) atoms. The van der Waals surface area contributed by atoms with Gasteiger partial charge in [-0.1, -0.05) is 73.1 Å². The summed E-state index contributed by atoms with van der Waals surface area (Å²) >= 11 is 1.29. The van der Waals surface area contributed by atoms with Gasteiger partial charge in [-0.05, 0) is 30.5 Å². The van der Waals surface area contributed by atoms with Crippen molar-refractivity contribution in [1.82, 2.24) is 10.6 Å². The summed E-state index contributed by atoms with van der Waals surface area (Å²) in [4.78, 5) is 49.9. The summed E-state index contributed by atoms with van der Waals surface area (Å²) in [5.41, 5.74) is 1.56. The molecular formula is C26H31N3O4S. The monoisotopic (exact) mass is 481 g/mol. The third-order valence-corrected chi connectivity index (χ3v) is 6.71. The molecule has 1 fully saturated rings. The number of hydrogen-bond donors (Lipinski definition) is 3. The summed E-state index contributed by atoms with van der Waals surface area (Å²) in [5.74, 6) is -1.51. The van der Waals surface area contributed by atoms with E-state index in [0.717, 1.165) is 24.2 Å². The van der Waals surface area contributed by atoms with Crippen molar-refractivity contribution in [1.29, 1.82) is 0 Å². The molecule has 0 aromatic heterocycles. The van der Waals surface area contributed by atoms with Crippen molar-refractivity contribution in [2.75, 3.05) is 17.6 Å². The van der Waals surface area contributed by atoms with Gasteiger partial charge in [-0.25, -0.2) is 0 Å². The van der Waals surface area contributed by atoms with Crippen LogP contribution >= 0.6 is 11.8 Å². The first kappa shape index (κ1) is 25.5. The minimum atomic E-state index is -0.888. The molecule has 2 aromatic carbocycles. The summed E-state index contributed by atoms with van der Waals surface area (Å²) < 4.78 is 0. The number of thioether (sulfide) groups is 1. The summed E-state index contributed by atoms with van der Waals surface area (Å²) in [6, 6.07) is 17.8. The lowest BCUT2D eigenvalue weighted by Crippen LogP contribution is -2.48. The number of nitrogens with one attached hydrogen (secondary N) is 3. The van der Waals surface area contributed by atoms with E-state index in [1.165, 1.54) is 11.8 Å². The number of rotatable bonds is 11. The fourth-order valence-electron chi connectivity index (χ4n) is 4.06. The minimum Gasteiger partial charge on any atom is -0.355 e. The molecule has 1 aliphatic heterocycles. The first-order valence-electron chi connectivity index (χ1n) is 11.6. The highest BCUT2D eigenvalue weighted by Gasteiger charge is 2.42. The Balaban J connectivity index is 1.66. The van der Waals surface area contributed by atoms with Gasteiger partial charge in [-0.2, -0.15) is 0 Å². The van der Waals surface area contributed by atoms with Crippen molar-refractivity contribution in [3.63, 3.8) is 0 Å². The van der Waals surface area contributed by atoms with Crippen LogP contribution in [0, 0.1) is 5.92 Å². The highest BCUT2D eigenvalue weighted by atomic mass is 32.2. The van der Waals surface area contributed by atoms with Crippen molar-refractivity contribution >= 4 is 40.3 Å². The first-order chi connectivity index (χ1) is 16.5. The second-order valence-electron chi connectivity index (χ2n) is 8.35. The standard InChI is InChI=1S/C26H31N3O4S/c1-18(30)34-16-10-4-9-15-22(24(31)28-20-13-7-3-8-14-20)29-26(33)23-21(17-27-25(23)32)19-11-5-2-6-12-19/h2-3,5-8,11-14,21-23H,4,9-10,15-17H2,1H3,(H,27,32)(H,28,31)(H,29,33)/t21-,22-,23+/m0/s1. The summed E-state index contributed by atoms with van der Waals surface area (Å²) in [7, 11) is 0. The van der Waals surface area contributed by atoms with Crippen LogP contribution in [-0.4, -0.2) is 41.2 Å². The third kappa shape index (κ3) is 7.45. The molecular weight excluding hydrogens is 450 g/mol. The van der Waals surface area contributed by atoms with Crippen molar-refractivity contribution in [2.24, 2.45) is 5.92 Å². The van der Waals surface area contributed by atoms with E-state index in [1.54, 1.807) is 19.1 Å². The molecule has 0 unspecified atom stereocenters. The second kappa shape index (κ2) is 12.9. The lowest BCUT2D eigenvalue weighted by Gasteiger charge is -2.22. The fraction of sp³-hybridized carbons (Fsp3) is 0.385. The van der Waals surface area contributed by atoms with Crippen molar-refractivity contribution in [2.45, 2.75) is 44.6 Å². The van der Waals surface area contributed by atoms with Crippen LogP contribution in [0.25, 0.3) is 0 Å². The average Bonchev–Trinajstić information content (AvgIpc) is 3.23. The average molecular weight is 482 g/mol. The van der Waals surface area contributed by atoms with Gasteiger partial charge in [0.25, 0.3) is 0 Å². The Morgan fingerprint density at radius 3 is 2.35 bits per heavy atom. The molecule has 2 aromatic rings. The van der Waals surface area contributed by atoms with Crippen molar-refractivity contribution < 1.29 is 19.2 Å². The molecule has 3 N–H and O–H groups in total. The zero-order chi connectivity index (χ0) is 24.3. The van der Waals surface area contributed by atoms with E-state index in [2.05, 4.69) is 16.0 Å². The Labute approximate surface area is 204 Å². The highest BCUT2D eigenvalue weighted by Crippen LogP contribution is 2.29. The molecule has 3 rings (SSSR count). The molecule has 0 bridgehead atoms. The van der Waals surface area contributed by atoms with Gasteiger partial charge >= 0.3 is 0 Å². The Morgan fingerprint density at radius 2 is 1.68 bits per heavy atom. The van der Waals surface area contributed by atoms with Crippen LogP contribution in [-0.2, 0) is 19.2 Å². The number of benzene rings is 2. The van der Waals surface area contributed by atoms with Gasteiger partial charge in [0, 0.05) is 30.8 Å². The maximum Gasteiger partial charge on any atom is 0.246 e. The molecule has 0 saturated carbocycles. The van der Waals surface area contributed by atoms with Crippen LogP contribution in [0.15, 0.2) is 60.7 Å². The lowest BCUT2D eigenvalue weighted by atomic mass is 9.87. The molecule has 1 saturated heterocycles. The molecule has 0 aliphatic carbocycles. The summed E-state index contributed by atoms with van der Waals surface area (Å²) in [6.07, 6.45) is 2.85. The van der Waals surface area contributed by atoms with E-state index in [1.807, 2.05) is 48.5 Å². The number of hydrogen-bond acceptors (Lipinski definition) is 5. The van der Waals surface area contributed by atoms with E-state index in [-0.39, 0.29) is 22.8 Å². The molecule has 1 heterocycles. The van der Waals surface area contributed by atoms with Gasteiger partial charge < -0.3 is 16.0 Å². The lowest BCUT2D eigenvalue weighted by molar-refractivity contribution is -0.135. The van der Waals surface area contributed by atoms with Crippen LogP contribution in [0.5, 0.6) is 0 Å². The maximum atomic E-state index is 13.2. The number of para-hydroxylation sites is 1. The largest absolute Gasteiger partial charge is 0.355 e. The predicted molar refractivity (Wildman–Crippen MR) is 134 cm³/mol. The Bertz CT molecular complexity index is 984. The van der Waals surface area contributed by atoms with Crippen LogP contribution in [0.1, 0.15) is 44.1 Å². The predicted octanol–water partition coefficient (Wildman–Crippen LogP) is 3.48. The van der Waals surface area contributed by atoms with E-state index in [9.17, 15) is 19.2 Å². The Hall–Kier alpha value is -3.13. The van der Waals surface area contributed by atoms with E-state index < -0.39 is 17.9 Å². The minimum absolute atomic E-state index is 0.0928. The van der Waals surface area contributed by atoms with Gasteiger partial charge in [0.2, 0.25) is 17.7 Å². The van der Waals surface area contributed by atoms with E-state index >= 15 is 0 Å². The van der Waals surface area contributed by atoms with Crippen LogP contribution in [0.3, 0.4) is 0 Å². The molecule has 0 radical (unpaired) electrons. The zero-order valence-electron chi connectivity index (χ0n) is 19.3. The molecule has 0 spiro atoms. The van der Waals surface area contributed by atoms with Gasteiger partial charge in [-0.15, -0.1) is 0 Å². The normalized spacial score (nSPS) is 18.1.